The lowest BCUT2D eigenvalue weighted by Gasteiger charge is -2.01. The lowest BCUT2D eigenvalue weighted by molar-refractivity contribution is -0.110. The first-order valence-electron chi connectivity index (χ1n) is 5.52. The Kier molecular flexibility index (Phi) is 2.11. The molecule has 17 heavy (non-hydrogen) atoms. The van der Waals surface area contributed by atoms with Crippen molar-refractivity contribution in [3.63, 3.8) is 0 Å². The maximum atomic E-state index is 11.9. The van der Waals surface area contributed by atoms with Gasteiger partial charge in [0.05, 0.1) is 11.3 Å². The minimum Gasteiger partial charge on any atom is -0.362 e. The van der Waals surface area contributed by atoms with Crippen molar-refractivity contribution < 1.29 is 4.79 Å². The monoisotopic (exact) mass is 224 g/mol. The molecule has 3 rings (SSSR count). The summed E-state index contributed by atoms with van der Waals surface area (Å²) in [5.41, 5.74) is 4.64. The van der Waals surface area contributed by atoms with Crippen molar-refractivity contribution in [2.45, 2.75) is 6.92 Å². The van der Waals surface area contributed by atoms with Crippen molar-refractivity contribution in [1.82, 2.24) is 4.98 Å². The number of benzene rings is 1. The second-order valence-corrected chi connectivity index (χ2v) is 4.14. The van der Waals surface area contributed by atoms with E-state index in [0.717, 1.165) is 22.5 Å². The van der Waals surface area contributed by atoms with Gasteiger partial charge in [0.2, 0.25) is 0 Å². The van der Waals surface area contributed by atoms with Crippen LogP contribution in [-0.2, 0) is 4.79 Å². The lowest BCUT2D eigenvalue weighted by Crippen LogP contribution is -2.04. The number of hydrogen-bond acceptors (Lipinski definition) is 1. The van der Waals surface area contributed by atoms with E-state index in [1.54, 1.807) is 0 Å². The average Bonchev–Trinajstić information content (AvgIpc) is 2.91. The number of carbonyl (C=O) groups excluding carboxylic acids is 1. The van der Waals surface area contributed by atoms with Gasteiger partial charge in [-0.2, -0.15) is 0 Å². The van der Waals surface area contributed by atoms with Gasteiger partial charge in [0.15, 0.2) is 0 Å². The van der Waals surface area contributed by atoms with Gasteiger partial charge in [-0.3, -0.25) is 4.79 Å². The van der Waals surface area contributed by atoms with E-state index < -0.39 is 0 Å². The van der Waals surface area contributed by atoms with Crippen LogP contribution in [0.1, 0.15) is 16.8 Å². The molecule has 0 saturated carbocycles. The summed E-state index contributed by atoms with van der Waals surface area (Å²) in [6.07, 6.45) is 3.72. The van der Waals surface area contributed by atoms with E-state index in [-0.39, 0.29) is 5.91 Å². The topological polar surface area (TPSA) is 44.9 Å². The molecule has 0 fully saturated rings. The summed E-state index contributed by atoms with van der Waals surface area (Å²) >= 11 is 0. The Morgan fingerprint density at radius 2 is 2.06 bits per heavy atom. The number of aryl methyl sites for hydroxylation is 1. The highest BCUT2D eigenvalue weighted by molar-refractivity contribution is 6.35. The Morgan fingerprint density at radius 1 is 1.18 bits per heavy atom. The summed E-state index contributed by atoms with van der Waals surface area (Å²) in [7, 11) is 0. The Morgan fingerprint density at radius 3 is 2.82 bits per heavy atom. The van der Waals surface area contributed by atoms with Gasteiger partial charge in [0.1, 0.15) is 0 Å². The van der Waals surface area contributed by atoms with Crippen LogP contribution in [0.4, 0.5) is 5.69 Å². The normalized spacial score (nSPS) is 16.1. The second kappa shape index (κ2) is 3.63. The van der Waals surface area contributed by atoms with Gasteiger partial charge >= 0.3 is 0 Å². The molecule has 0 spiro atoms. The van der Waals surface area contributed by atoms with Gasteiger partial charge in [-0.05, 0) is 30.7 Å². The lowest BCUT2D eigenvalue weighted by atomic mass is 10.0. The number of fused-ring (bicyclic) bond motifs is 1. The fourth-order valence-electron chi connectivity index (χ4n) is 2.09. The van der Waals surface area contributed by atoms with Crippen LogP contribution in [0, 0.1) is 6.92 Å². The van der Waals surface area contributed by atoms with Crippen LogP contribution in [0.3, 0.4) is 0 Å². The highest BCUT2D eigenvalue weighted by atomic mass is 16.2. The molecular weight excluding hydrogens is 212 g/mol. The first-order valence-corrected chi connectivity index (χ1v) is 5.52. The minimum absolute atomic E-state index is 0.0381. The number of anilines is 1. The summed E-state index contributed by atoms with van der Waals surface area (Å²) < 4.78 is 0. The summed E-state index contributed by atoms with van der Waals surface area (Å²) in [5.74, 6) is -0.0381. The van der Waals surface area contributed by atoms with E-state index >= 15 is 0 Å². The van der Waals surface area contributed by atoms with E-state index in [2.05, 4.69) is 10.3 Å². The highest BCUT2D eigenvalue weighted by Crippen LogP contribution is 2.34. The molecule has 2 heterocycles. The number of aromatic amines is 1. The zero-order chi connectivity index (χ0) is 11.8. The average molecular weight is 224 g/mol. The van der Waals surface area contributed by atoms with Crippen molar-refractivity contribution >= 4 is 23.2 Å². The molecule has 2 aromatic rings. The van der Waals surface area contributed by atoms with Crippen molar-refractivity contribution in [3.05, 3.63) is 53.3 Å². The molecule has 1 aliphatic heterocycles. The van der Waals surface area contributed by atoms with E-state index in [1.807, 2.05) is 49.5 Å². The standard InChI is InChI=1S/C14H12N2O/c1-9-4-2-6-11-12(14(17)16-13(9)11)8-10-5-3-7-15-10/h2-8,15H,1H3,(H,16,17). The summed E-state index contributed by atoms with van der Waals surface area (Å²) in [6, 6.07) is 9.78. The molecule has 0 aliphatic carbocycles. The fourth-order valence-corrected chi connectivity index (χ4v) is 2.09. The largest absolute Gasteiger partial charge is 0.362 e. The van der Waals surface area contributed by atoms with E-state index in [0.29, 0.717) is 5.57 Å². The van der Waals surface area contributed by atoms with Gasteiger partial charge in [-0.15, -0.1) is 0 Å². The molecule has 1 aliphatic rings. The molecule has 1 aromatic carbocycles. The number of hydrogen-bond donors (Lipinski definition) is 2. The number of H-pyrrole nitrogens is 1. The molecule has 0 saturated heterocycles. The zero-order valence-corrected chi connectivity index (χ0v) is 9.45. The van der Waals surface area contributed by atoms with Crippen molar-refractivity contribution in [2.75, 3.05) is 5.32 Å². The van der Waals surface area contributed by atoms with Gasteiger partial charge in [-0.25, -0.2) is 0 Å². The van der Waals surface area contributed by atoms with Crippen LogP contribution in [-0.4, -0.2) is 10.9 Å². The SMILES string of the molecule is Cc1cccc2c1NC(=O)C2=Cc1ccc[nH]1. The third-order valence-electron chi connectivity index (χ3n) is 2.97. The molecular formula is C14H12N2O. The van der Waals surface area contributed by atoms with Crippen LogP contribution >= 0.6 is 0 Å². The molecule has 1 amide bonds. The Balaban J connectivity index is 2.15. The maximum absolute atomic E-state index is 11.9. The maximum Gasteiger partial charge on any atom is 0.256 e. The quantitative estimate of drug-likeness (QED) is 0.719. The molecule has 0 bridgehead atoms. The number of nitrogens with one attached hydrogen (secondary N) is 2. The number of carbonyl (C=O) groups is 1. The van der Waals surface area contributed by atoms with Crippen LogP contribution in [0.15, 0.2) is 36.5 Å². The number of aromatic nitrogens is 1. The summed E-state index contributed by atoms with van der Waals surface area (Å²) in [6.45, 7) is 2.00. The Labute approximate surface area is 99.2 Å². The number of amides is 1. The molecule has 0 unspecified atom stereocenters. The molecule has 0 radical (unpaired) electrons. The van der Waals surface area contributed by atoms with Crippen LogP contribution in [0.25, 0.3) is 11.6 Å². The van der Waals surface area contributed by atoms with Gasteiger partial charge in [0, 0.05) is 17.5 Å². The van der Waals surface area contributed by atoms with E-state index in [4.69, 9.17) is 0 Å². The van der Waals surface area contributed by atoms with Gasteiger partial charge < -0.3 is 10.3 Å². The Bertz CT molecular complexity index is 609. The minimum atomic E-state index is -0.0381. The van der Waals surface area contributed by atoms with Gasteiger partial charge in [-0.1, -0.05) is 18.2 Å². The van der Waals surface area contributed by atoms with Crippen molar-refractivity contribution in [3.8, 4) is 0 Å². The zero-order valence-electron chi connectivity index (χ0n) is 9.45. The first-order chi connectivity index (χ1) is 8.25. The van der Waals surface area contributed by atoms with Crippen LogP contribution in [0.5, 0.6) is 0 Å². The molecule has 1 aromatic heterocycles. The highest BCUT2D eigenvalue weighted by Gasteiger charge is 2.24. The van der Waals surface area contributed by atoms with Crippen molar-refractivity contribution in [2.24, 2.45) is 0 Å². The van der Waals surface area contributed by atoms with Gasteiger partial charge in [0.25, 0.3) is 5.91 Å². The predicted molar refractivity (Wildman–Crippen MR) is 68.5 cm³/mol. The first kappa shape index (κ1) is 9.90. The molecule has 84 valence electrons. The third kappa shape index (κ3) is 1.56. The molecule has 3 nitrogen and oxygen atoms in total. The summed E-state index contributed by atoms with van der Waals surface area (Å²) in [5, 5.41) is 2.91. The van der Waals surface area contributed by atoms with Crippen LogP contribution < -0.4 is 5.32 Å². The molecule has 0 atom stereocenters. The van der Waals surface area contributed by atoms with Crippen LogP contribution in [0.2, 0.25) is 0 Å². The second-order valence-electron chi connectivity index (χ2n) is 4.14. The van der Waals surface area contributed by atoms with E-state index in [9.17, 15) is 4.79 Å². The third-order valence-corrected chi connectivity index (χ3v) is 2.97. The smallest absolute Gasteiger partial charge is 0.256 e. The van der Waals surface area contributed by atoms with Crippen molar-refractivity contribution in [1.29, 1.82) is 0 Å². The fraction of sp³-hybridized carbons (Fsp3) is 0.0714. The van der Waals surface area contributed by atoms with E-state index in [1.165, 1.54) is 0 Å². The predicted octanol–water partition coefficient (Wildman–Crippen LogP) is 2.82. The molecule has 2 N–H and O–H groups in total. The summed E-state index contributed by atoms with van der Waals surface area (Å²) in [4.78, 5) is 15.0. The molecule has 3 heteroatoms. The number of para-hydroxylation sites is 1. The Hall–Kier alpha value is -2.29. The number of rotatable bonds is 1.